The van der Waals surface area contributed by atoms with Crippen molar-refractivity contribution in [3.8, 4) is 6.07 Å². The molecule has 1 atom stereocenters. The highest BCUT2D eigenvalue weighted by atomic mass is 35.5. The Morgan fingerprint density at radius 1 is 1.21 bits per heavy atom. The maximum atomic E-state index is 12.4. The summed E-state index contributed by atoms with van der Waals surface area (Å²) in [5.74, 6) is -1.87. The number of hydrazone groups is 1. The van der Waals surface area contributed by atoms with Crippen molar-refractivity contribution in [3.63, 3.8) is 0 Å². The second-order valence-electron chi connectivity index (χ2n) is 5.71. The normalized spacial score (nSPS) is 12.6. The van der Waals surface area contributed by atoms with Gasteiger partial charge in [-0.15, -0.1) is 12.6 Å². The number of nitriles is 1. The fraction of sp³-hybridized carbons (Fsp3) is 0.111. The quantitative estimate of drug-likeness (QED) is 0.250. The Morgan fingerprint density at radius 3 is 2.31 bits per heavy atom. The molecular weight excluding hydrogens is 452 g/mol. The van der Waals surface area contributed by atoms with Gasteiger partial charge in [0, 0.05) is 10.7 Å². The number of hydrogen-bond acceptors (Lipinski definition) is 6. The number of amides is 1. The molecule has 0 fully saturated rings. The van der Waals surface area contributed by atoms with Gasteiger partial charge in [-0.2, -0.15) is 10.4 Å². The number of nitrogens with zero attached hydrogens (tertiary/aromatic N) is 2. The standard InChI is InChI=1S/C18H15ClN4O3S3/c1-11(21-22-17(24)16(10-20)18(27)28)12-2-6-14(7-3-12)23-29(25,26)15-8-4-13(19)5-9-15/h2-9,16,23H,1H3,(H,22,24)(H,27,28)/b21-11+. The third-order valence-electron chi connectivity index (χ3n) is 3.65. The molecule has 2 aromatic carbocycles. The average Bonchev–Trinajstić information content (AvgIpc) is 2.67. The molecule has 0 bridgehead atoms. The van der Waals surface area contributed by atoms with E-state index >= 15 is 0 Å². The number of nitrogens with one attached hydrogen (secondary N) is 2. The summed E-state index contributed by atoms with van der Waals surface area (Å²) >= 11 is 14.4. The number of thiol groups is 1. The summed E-state index contributed by atoms with van der Waals surface area (Å²) < 4.78 is 27.2. The summed E-state index contributed by atoms with van der Waals surface area (Å²) in [6.45, 7) is 1.65. The molecule has 0 aliphatic carbocycles. The van der Waals surface area contributed by atoms with Crippen LogP contribution in [0.5, 0.6) is 0 Å². The van der Waals surface area contributed by atoms with Crippen LogP contribution in [-0.2, 0) is 14.8 Å². The van der Waals surface area contributed by atoms with E-state index in [0.29, 0.717) is 22.0 Å². The molecule has 2 rings (SSSR count). The van der Waals surface area contributed by atoms with Gasteiger partial charge in [-0.25, -0.2) is 13.8 Å². The molecule has 2 aromatic rings. The molecule has 29 heavy (non-hydrogen) atoms. The highest BCUT2D eigenvalue weighted by Gasteiger charge is 2.20. The van der Waals surface area contributed by atoms with Gasteiger partial charge in [-0.05, 0) is 48.9 Å². The van der Waals surface area contributed by atoms with Crippen LogP contribution >= 0.6 is 36.4 Å². The Labute approximate surface area is 184 Å². The highest BCUT2D eigenvalue weighted by molar-refractivity contribution is 8.11. The molecule has 1 unspecified atom stereocenters. The van der Waals surface area contributed by atoms with E-state index in [9.17, 15) is 13.2 Å². The Kier molecular flexibility index (Phi) is 7.75. The van der Waals surface area contributed by atoms with Crippen molar-refractivity contribution in [3.05, 3.63) is 59.1 Å². The lowest BCUT2D eigenvalue weighted by Crippen LogP contribution is -2.29. The molecule has 0 aromatic heterocycles. The summed E-state index contributed by atoms with van der Waals surface area (Å²) in [6, 6.07) is 13.9. The first-order chi connectivity index (χ1) is 13.6. The van der Waals surface area contributed by atoms with Gasteiger partial charge in [0.15, 0.2) is 5.92 Å². The molecule has 0 spiro atoms. The number of halogens is 1. The number of hydrogen-bond donors (Lipinski definition) is 3. The van der Waals surface area contributed by atoms with Crippen LogP contribution in [0.25, 0.3) is 0 Å². The van der Waals surface area contributed by atoms with E-state index in [0.717, 1.165) is 0 Å². The molecule has 0 aliphatic rings. The summed E-state index contributed by atoms with van der Waals surface area (Å²) in [7, 11) is -3.75. The topological polar surface area (TPSA) is 111 Å². The number of carbonyl (C=O) groups is 1. The van der Waals surface area contributed by atoms with Crippen LogP contribution in [0.3, 0.4) is 0 Å². The van der Waals surface area contributed by atoms with E-state index in [1.54, 1.807) is 37.3 Å². The lowest BCUT2D eigenvalue weighted by molar-refractivity contribution is -0.121. The molecule has 0 saturated carbocycles. The Hall–Kier alpha value is -2.45. The SMILES string of the molecule is C/C(=N\NC(=O)C(C#N)C(=S)S)c1ccc(NS(=O)(=O)c2ccc(Cl)cc2)cc1. The van der Waals surface area contributed by atoms with E-state index in [1.165, 1.54) is 24.3 Å². The van der Waals surface area contributed by atoms with Gasteiger partial charge in [0.05, 0.1) is 20.9 Å². The van der Waals surface area contributed by atoms with Crippen LogP contribution in [0.2, 0.25) is 5.02 Å². The van der Waals surface area contributed by atoms with Crippen LogP contribution in [-0.4, -0.2) is 24.2 Å². The zero-order chi connectivity index (χ0) is 21.6. The molecule has 7 nitrogen and oxygen atoms in total. The molecule has 0 heterocycles. The molecule has 1 amide bonds. The Balaban J connectivity index is 2.09. The van der Waals surface area contributed by atoms with Crippen molar-refractivity contribution in [2.75, 3.05) is 4.72 Å². The fourth-order valence-corrected chi connectivity index (χ4v) is 3.62. The summed E-state index contributed by atoms with van der Waals surface area (Å²) in [5.41, 5.74) is 3.70. The van der Waals surface area contributed by atoms with Crippen molar-refractivity contribution in [1.82, 2.24) is 5.43 Å². The predicted molar refractivity (Wildman–Crippen MR) is 120 cm³/mol. The second kappa shape index (κ2) is 9.84. The molecule has 0 saturated heterocycles. The first kappa shape index (κ1) is 22.8. The van der Waals surface area contributed by atoms with E-state index in [4.69, 9.17) is 29.1 Å². The maximum absolute atomic E-state index is 12.4. The monoisotopic (exact) mass is 466 g/mol. The molecular formula is C18H15ClN4O3S3. The van der Waals surface area contributed by atoms with Crippen LogP contribution in [0.4, 0.5) is 5.69 Å². The van der Waals surface area contributed by atoms with Gasteiger partial charge in [0.2, 0.25) is 0 Å². The number of benzene rings is 2. The Bertz CT molecular complexity index is 1090. The van der Waals surface area contributed by atoms with Crippen molar-refractivity contribution < 1.29 is 13.2 Å². The average molecular weight is 467 g/mol. The smallest absolute Gasteiger partial charge is 0.263 e. The highest BCUT2D eigenvalue weighted by Crippen LogP contribution is 2.19. The van der Waals surface area contributed by atoms with Crippen LogP contribution in [0.1, 0.15) is 12.5 Å². The molecule has 0 radical (unpaired) electrons. The van der Waals surface area contributed by atoms with Crippen LogP contribution in [0, 0.1) is 17.2 Å². The second-order valence-corrected chi connectivity index (χ2v) is 9.05. The first-order valence-electron chi connectivity index (χ1n) is 7.99. The van der Waals surface area contributed by atoms with Gasteiger partial charge >= 0.3 is 0 Å². The molecule has 2 N–H and O–H groups in total. The van der Waals surface area contributed by atoms with Gasteiger partial charge in [0.1, 0.15) is 0 Å². The maximum Gasteiger partial charge on any atom is 0.263 e. The lowest BCUT2D eigenvalue weighted by atomic mass is 10.1. The first-order valence-corrected chi connectivity index (χ1v) is 10.7. The number of rotatable bonds is 7. The minimum atomic E-state index is -3.75. The van der Waals surface area contributed by atoms with E-state index in [2.05, 4.69) is 27.9 Å². The van der Waals surface area contributed by atoms with Crippen molar-refractivity contribution in [2.24, 2.45) is 11.0 Å². The molecule has 150 valence electrons. The summed E-state index contributed by atoms with van der Waals surface area (Å²) in [6.07, 6.45) is 0. The minimum Gasteiger partial charge on any atom is -0.280 e. The number of anilines is 1. The van der Waals surface area contributed by atoms with Gasteiger partial charge in [-0.3, -0.25) is 9.52 Å². The lowest BCUT2D eigenvalue weighted by Gasteiger charge is -2.09. The van der Waals surface area contributed by atoms with Crippen molar-refractivity contribution >= 4 is 68.0 Å². The third-order valence-corrected chi connectivity index (χ3v) is 5.79. The molecule has 11 heteroatoms. The summed E-state index contributed by atoms with van der Waals surface area (Å²) in [5, 5.41) is 13.3. The fourth-order valence-electron chi connectivity index (χ4n) is 2.10. The minimum absolute atomic E-state index is 0.0461. The summed E-state index contributed by atoms with van der Waals surface area (Å²) in [4.78, 5) is 11.9. The van der Waals surface area contributed by atoms with E-state index in [-0.39, 0.29) is 9.09 Å². The largest absolute Gasteiger partial charge is 0.280 e. The van der Waals surface area contributed by atoms with Gasteiger partial charge in [-0.1, -0.05) is 36.0 Å². The zero-order valence-corrected chi connectivity index (χ0v) is 18.2. The molecule has 0 aliphatic heterocycles. The predicted octanol–water partition coefficient (Wildman–Crippen LogP) is 3.38. The number of sulfonamides is 1. The Morgan fingerprint density at radius 2 is 1.79 bits per heavy atom. The number of carbonyl (C=O) groups excluding carboxylic acids is 1. The van der Waals surface area contributed by atoms with Gasteiger partial charge < -0.3 is 0 Å². The van der Waals surface area contributed by atoms with Crippen molar-refractivity contribution in [2.45, 2.75) is 11.8 Å². The van der Waals surface area contributed by atoms with Crippen LogP contribution in [0.15, 0.2) is 58.5 Å². The van der Waals surface area contributed by atoms with Gasteiger partial charge in [0.25, 0.3) is 15.9 Å². The zero-order valence-electron chi connectivity index (χ0n) is 15.0. The number of thiocarbonyl (C=S) groups is 1. The third kappa shape index (κ3) is 6.27. The van der Waals surface area contributed by atoms with Crippen LogP contribution < -0.4 is 10.1 Å². The van der Waals surface area contributed by atoms with E-state index in [1.807, 2.05) is 0 Å². The van der Waals surface area contributed by atoms with E-state index < -0.39 is 21.8 Å². The van der Waals surface area contributed by atoms with Crippen molar-refractivity contribution in [1.29, 1.82) is 5.26 Å².